The third kappa shape index (κ3) is 3.23. The van der Waals surface area contributed by atoms with Crippen molar-refractivity contribution < 1.29 is 4.74 Å². The fourth-order valence-corrected chi connectivity index (χ4v) is 1.67. The lowest BCUT2D eigenvalue weighted by Gasteiger charge is -2.23. The van der Waals surface area contributed by atoms with Crippen LogP contribution in [0.3, 0.4) is 0 Å². The van der Waals surface area contributed by atoms with E-state index in [9.17, 15) is 0 Å². The number of rotatable bonds is 7. The lowest BCUT2D eigenvalue weighted by Crippen LogP contribution is -2.25. The lowest BCUT2D eigenvalue weighted by atomic mass is 10.3. The molecule has 6 nitrogen and oxygen atoms in total. The van der Waals surface area contributed by atoms with Crippen molar-refractivity contribution in [2.75, 3.05) is 37.0 Å². The van der Waals surface area contributed by atoms with E-state index in [2.05, 4.69) is 21.4 Å². The van der Waals surface area contributed by atoms with Crippen LogP contribution in [0.15, 0.2) is 6.33 Å². The largest absolute Gasteiger partial charge is 0.490 e. The van der Waals surface area contributed by atoms with E-state index in [1.165, 1.54) is 6.33 Å². The molecule has 1 aromatic heterocycles. The molecule has 1 rings (SSSR count). The first-order valence-electron chi connectivity index (χ1n) is 6.03. The zero-order valence-corrected chi connectivity index (χ0v) is 11.1. The van der Waals surface area contributed by atoms with Crippen LogP contribution in [0, 0.1) is 11.3 Å². The smallest absolute Gasteiger partial charge is 0.204 e. The van der Waals surface area contributed by atoms with Crippen molar-refractivity contribution >= 4 is 11.6 Å². The molecule has 18 heavy (non-hydrogen) atoms. The van der Waals surface area contributed by atoms with E-state index in [-0.39, 0.29) is 0 Å². The second-order valence-electron chi connectivity index (χ2n) is 3.60. The molecule has 0 amide bonds. The number of nitrogens with zero attached hydrogens (tertiary/aromatic N) is 4. The van der Waals surface area contributed by atoms with Crippen LogP contribution >= 0.6 is 0 Å². The first kappa shape index (κ1) is 14.0. The maximum absolute atomic E-state index is 8.67. The van der Waals surface area contributed by atoms with E-state index in [1.54, 1.807) is 7.11 Å². The molecule has 0 saturated heterocycles. The molecule has 0 atom stereocenters. The van der Waals surface area contributed by atoms with Gasteiger partial charge >= 0.3 is 0 Å². The normalized spacial score (nSPS) is 9.67. The average molecular weight is 249 g/mol. The van der Waals surface area contributed by atoms with Gasteiger partial charge in [-0.2, -0.15) is 5.26 Å². The maximum atomic E-state index is 8.67. The second kappa shape index (κ2) is 7.33. The van der Waals surface area contributed by atoms with Crippen molar-refractivity contribution in [1.29, 1.82) is 5.26 Å². The van der Waals surface area contributed by atoms with Crippen molar-refractivity contribution in [3.63, 3.8) is 0 Å². The summed E-state index contributed by atoms with van der Waals surface area (Å²) in [5.74, 6) is 2.03. The molecule has 0 bridgehead atoms. The van der Waals surface area contributed by atoms with Crippen molar-refractivity contribution in [1.82, 2.24) is 9.97 Å². The Kier molecular flexibility index (Phi) is 5.71. The third-order valence-corrected chi connectivity index (χ3v) is 2.51. The maximum Gasteiger partial charge on any atom is 0.204 e. The predicted molar refractivity (Wildman–Crippen MR) is 70.9 cm³/mol. The van der Waals surface area contributed by atoms with Crippen LogP contribution in [0.25, 0.3) is 0 Å². The molecular formula is C12H19N5O. The molecule has 0 radical (unpaired) electrons. The van der Waals surface area contributed by atoms with E-state index >= 15 is 0 Å². The fourth-order valence-electron chi connectivity index (χ4n) is 1.67. The van der Waals surface area contributed by atoms with Gasteiger partial charge in [-0.3, -0.25) is 0 Å². The molecule has 98 valence electrons. The van der Waals surface area contributed by atoms with Gasteiger partial charge in [0.2, 0.25) is 5.75 Å². The molecule has 0 fully saturated rings. The topological polar surface area (TPSA) is 74.1 Å². The summed E-state index contributed by atoms with van der Waals surface area (Å²) in [6.45, 7) is 6.17. The summed E-state index contributed by atoms with van der Waals surface area (Å²) >= 11 is 0. The minimum Gasteiger partial charge on any atom is -0.490 e. The molecule has 0 unspecified atom stereocenters. The summed E-state index contributed by atoms with van der Waals surface area (Å²) in [4.78, 5) is 10.4. The van der Waals surface area contributed by atoms with Crippen molar-refractivity contribution in [2.45, 2.75) is 20.3 Å². The first-order valence-corrected chi connectivity index (χ1v) is 6.03. The highest BCUT2D eigenvalue weighted by Gasteiger charge is 2.16. The fraction of sp³-hybridized carbons (Fsp3) is 0.583. The Morgan fingerprint density at radius 1 is 1.44 bits per heavy atom. The zero-order valence-electron chi connectivity index (χ0n) is 11.1. The molecule has 1 heterocycles. The molecule has 6 heteroatoms. The van der Waals surface area contributed by atoms with Crippen LogP contribution in [0.2, 0.25) is 0 Å². The van der Waals surface area contributed by atoms with Gasteiger partial charge in [0.25, 0.3) is 0 Å². The Morgan fingerprint density at radius 2 is 2.22 bits per heavy atom. The first-order chi connectivity index (χ1) is 8.78. The van der Waals surface area contributed by atoms with E-state index in [0.717, 1.165) is 18.9 Å². The van der Waals surface area contributed by atoms with E-state index in [4.69, 9.17) is 10.00 Å². The zero-order chi connectivity index (χ0) is 13.4. The molecule has 0 aliphatic heterocycles. The molecule has 0 aliphatic rings. The Balaban J connectivity index is 3.05. The molecule has 0 saturated carbocycles. The standard InChI is InChI=1S/C12H19N5O/c1-4-14-11-10(18-3)12(16-9-15-11)17(5-2)8-6-7-13/h9H,4-6,8H2,1-3H3,(H,14,15,16). The van der Waals surface area contributed by atoms with Gasteiger partial charge in [0.1, 0.15) is 6.33 Å². The molecule has 1 aromatic rings. The van der Waals surface area contributed by atoms with Crippen LogP contribution in [0.4, 0.5) is 11.6 Å². The Hall–Kier alpha value is -2.03. The summed E-state index contributed by atoms with van der Waals surface area (Å²) in [6.07, 6.45) is 1.96. The number of nitriles is 1. The molecule has 1 N–H and O–H groups in total. The second-order valence-corrected chi connectivity index (χ2v) is 3.60. The highest BCUT2D eigenvalue weighted by molar-refractivity contribution is 5.64. The average Bonchev–Trinajstić information content (AvgIpc) is 2.40. The number of ether oxygens (including phenoxy) is 1. The van der Waals surface area contributed by atoms with Crippen LogP contribution in [0.1, 0.15) is 20.3 Å². The molecule has 0 spiro atoms. The summed E-state index contributed by atoms with van der Waals surface area (Å²) in [5.41, 5.74) is 0. The Bertz CT molecular complexity index is 415. The van der Waals surface area contributed by atoms with Crippen LogP contribution in [-0.4, -0.2) is 36.7 Å². The van der Waals surface area contributed by atoms with Crippen LogP contribution in [0.5, 0.6) is 5.75 Å². The SMILES string of the molecule is CCNc1ncnc(N(CC)CCC#N)c1OC. The summed E-state index contributed by atoms with van der Waals surface area (Å²) in [6, 6.07) is 2.14. The number of hydrogen-bond donors (Lipinski definition) is 1. The van der Waals surface area contributed by atoms with Gasteiger partial charge < -0.3 is 15.0 Å². The van der Waals surface area contributed by atoms with Gasteiger partial charge in [0.15, 0.2) is 11.6 Å². The minimum atomic E-state index is 0.456. The number of anilines is 2. The summed E-state index contributed by atoms with van der Waals surface area (Å²) in [5, 5.41) is 11.8. The van der Waals surface area contributed by atoms with E-state index in [1.807, 2.05) is 18.7 Å². The number of aromatic nitrogens is 2. The van der Waals surface area contributed by atoms with Crippen molar-refractivity contribution in [3.8, 4) is 11.8 Å². The van der Waals surface area contributed by atoms with Gasteiger partial charge in [-0.1, -0.05) is 0 Å². The lowest BCUT2D eigenvalue weighted by molar-refractivity contribution is 0.412. The van der Waals surface area contributed by atoms with E-state index in [0.29, 0.717) is 24.5 Å². The van der Waals surface area contributed by atoms with Gasteiger partial charge in [-0.25, -0.2) is 9.97 Å². The van der Waals surface area contributed by atoms with Gasteiger partial charge in [0.05, 0.1) is 19.6 Å². The summed E-state index contributed by atoms with van der Waals surface area (Å²) in [7, 11) is 1.60. The highest BCUT2D eigenvalue weighted by Crippen LogP contribution is 2.31. The van der Waals surface area contributed by atoms with Crippen LogP contribution < -0.4 is 15.0 Å². The Morgan fingerprint density at radius 3 is 2.78 bits per heavy atom. The minimum absolute atomic E-state index is 0.456. The monoisotopic (exact) mass is 249 g/mol. The van der Waals surface area contributed by atoms with Crippen molar-refractivity contribution in [3.05, 3.63) is 6.33 Å². The third-order valence-electron chi connectivity index (χ3n) is 2.51. The van der Waals surface area contributed by atoms with Crippen LogP contribution in [-0.2, 0) is 0 Å². The molecular weight excluding hydrogens is 230 g/mol. The molecule has 0 aliphatic carbocycles. The van der Waals surface area contributed by atoms with Gasteiger partial charge in [-0.05, 0) is 13.8 Å². The molecule has 0 aromatic carbocycles. The quantitative estimate of drug-likeness (QED) is 0.792. The number of hydrogen-bond acceptors (Lipinski definition) is 6. The summed E-state index contributed by atoms with van der Waals surface area (Å²) < 4.78 is 5.38. The van der Waals surface area contributed by atoms with E-state index < -0.39 is 0 Å². The highest BCUT2D eigenvalue weighted by atomic mass is 16.5. The van der Waals surface area contributed by atoms with Crippen molar-refractivity contribution in [2.24, 2.45) is 0 Å². The predicted octanol–water partition coefficient (Wildman–Crippen LogP) is 1.66. The van der Waals surface area contributed by atoms with Gasteiger partial charge in [-0.15, -0.1) is 0 Å². The number of methoxy groups -OCH3 is 1. The van der Waals surface area contributed by atoms with Gasteiger partial charge in [0, 0.05) is 19.6 Å². The number of nitrogens with one attached hydrogen (secondary N) is 1. The Labute approximate surface area is 108 Å².